The summed E-state index contributed by atoms with van der Waals surface area (Å²) in [5, 5.41) is 0.713. The number of carbonyl (C=O) groups excluding carboxylic acids is 1. The van der Waals surface area contributed by atoms with E-state index >= 15 is 0 Å². The number of hydrogen-bond donors (Lipinski definition) is 0. The Bertz CT molecular complexity index is 418. The van der Waals surface area contributed by atoms with Crippen LogP contribution >= 0.6 is 11.6 Å². The fraction of sp³-hybridized carbons (Fsp3) is 0.500. The van der Waals surface area contributed by atoms with Gasteiger partial charge in [-0.3, -0.25) is 4.79 Å². The van der Waals surface area contributed by atoms with Crippen LogP contribution in [0.3, 0.4) is 0 Å². The van der Waals surface area contributed by atoms with E-state index in [0.29, 0.717) is 18.1 Å². The molecule has 3 nitrogen and oxygen atoms in total. The fourth-order valence-electron chi connectivity index (χ4n) is 1.96. The summed E-state index contributed by atoms with van der Waals surface area (Å²) in [4.78, 5) is 13.7. The highest BCUT2D eigenvalue weighted by Crippen LogP contribution is 2.27. The van der Waals surface area contributed by atoms with Crippen molar-refractivity contribution in [3.05, 3.63) is 34.3 Å². The predicted molar refractivity (Wildman–Crippen MR) is 73.9 cm³/mol. The lowest BCUT2D eigenvalue weighted by Gasteiger charge is -2.25. The molecule has 1 unspecified atom stereocenters. The molecule has 0 fully saturated rings. The van der Waals surface area contributed by atoms with Crippen LogP contribution in [0.2, 0.25) is 5.02 Å². The highest BCUT2D eigenvalue weighted by molar-refractivity contribution is 6.30. The highest BCUT2D eigenvalue weighted by Gasteiger charge is 2.20. The van der Waals surface area contributed by atoms with Gasteiger partial charge >= 0.3 is 5.97 Å². The first-order valence-corrected chi connectivity index (χ1v) is 6.41. The van der Waals surface area contributed by atoms with Gasteiger partial charge in [-0.2, -0.15) is 0 Å². The zero-order valence-electron chi connectivity index (χ0n) is 11.4. The highest BCUT2D eigenvalue weighted by atomic mass is 35.5. The predicted octanol–water partition coefficient (Wildman–Crippen LogP) is 3.20. The van der Waals surface area contributed by atoms with Crippen LogP contribution in [0, 0.1) is 6.92 Å². The number of aryl methyl sites for hydroxylation is 1. The van der Waals surface area contributed by atoms with Crippen molar-refractivity contribution in [2.45, 2.75) is 26.3 Å². The molecule has 1 aromatic carbocycles. The van der Waals surface area contributed by atoms with Gasteiger partial charge in [-0.05, 0) is 51.2 Å². The van der Waals surface area contributed by atoms with Crippen LogP contribution in [0.25, 0.3) is 0 Å². The molecule has 0 aromatic heterocycles. The molecule has 1 rings (SSSR count). The lowest BCUT2D eigenvalue weighted by molar-refractivity contribution is -0.144. The summed E-state index contributed by atoms with van der Waals surface area (Å²) in [5.41, 5.74) is 2.20. The van der Waals surface area contributed by atoms with Gasteiger partial charge in [0.25, 0.3) is 0 Å². The molecule has 18 heavy (non-hydrogen) atoms. The van der Waals surface area contributed by atoms with Crippen LogP contribution in [0.4, 0.5) is 0 Å². The Balaban J connectivity index is 2.94. The van der Waals surface area contributed by atoms with E-state index in [2.05, 4.69) is 0 Å². The third-order valence-corrected chi connectivity index (χ3v) is 3.11. The average Bonchev–Trinajstić information content (AvgIpc) is 2.27. The van der Waals surface area contributed by atoms with Crippen LogP contribution < -0.4 is 0 Å². The second-order valence-electron chi connectivity index (χ2n) is 4.49. The Morgan fingerprint density at radius 3 is 2.61 bits per heavy atom. The first kappa shape index (κ1) is 15.0. The molecule has 1 atom stereocenters. The lowest BCUT2D eigenvalue weighted by Crippen LogP contribution is -2.24. The van der Waals surface area contributed by atoms with E-state index in [1.54, 1.807) is 0 Å². The number of rotatable bonds is 5. The molecule has 0 bridgehead atoms. The van der Waals surface area contributed by atoms with Crippen LogP contribution in [0.1, 0.15) is 30.5 Å². The topological polar surface area (TPSA) is 29.5 Å². The first-order valence-electron chi connectivity index (χ1n) is 6.03. The molecule has 0 saturated heterocycles. The van der Waals surface area contributed by atoms with Crippen molar-refractivity contribution in [2.75, 3.05) is 20.7 Å². The Labute approximate surface area is 114 Å². The summed E-state index contributed by atoms with van der Waals surface area (Å²) in [6.07, 6.45) is 0.351. The van der Waals surface area contributed by atoms with Crippen molar-refractivity contribution >= 4 is 17.6 Å². The molecule has 0 spiro atoms. The number of hydrogen-bond acceptors (Lipinski definition) is 3. The monoisotopic (exact) mass is 269 g/mol. The van der Waals surface area contributed by atoms with E-state index in [1.165, 1.54) is 0 Å². The van der Waals surface area contributed by atoms with Gasteiger partial charge in [0.2, 0.25) is 0 Å². The van der Waals surface area contributed by atoms with Crippen molar-refractivity contribution in [1.82, 2.24) is 4.90 Å². The summed E-state index contributed by atoms with van der Waals surface area (Å²) < 4.78 is 5.02. The third-order valence-electron chi connectivity index (χ3n) is 2.88. The number of esters is 1. The van der Waals surface area contributed by atoms with Gasteiger partial charge in [0.1, 0.15) is 0 Å². The van der Waals surface area contributed by atoms with E-state index in [1.807, 2.05) is 51.0 Å². The lowest BCUT2D eigenvalue weighted by atomic mass is 9.98. The minimum Gasteiger partial charge on any atom is -0.466 e. The number of nitrogens with zero attached hydrogens (tertiary/aromatic N) is 1. The van der Waals surface area contributed by atoms with Crippen molar-refractivity contribution in [3.8, 4) is 0 Å². The quantitative estimate of drug-likeness (QED) is 0.769. The van der Waals surface area contributed by atoms with Gasteiger partial charge in [0, 0.05) is 11.1 Å². The number of carbonyl (C=O) groups is 1. The Morgan fingerprint density at radius 2 is 2.11 bits per heavy atom. The second kappa shape index (κ2) is 6.76. The molecule has 100 valence electrons. The van der Waals surface area contributed by atoms with E-state index < -0.39 is 0 Å². The molecule has 0 aliphatic carbocycles. The number of halogens is 1. The van der Waals surface area contributed by atoms with E-state index in [9.17, 15) is 4.79 Å². The maximum Gasteiger partial charge on any atom is 0.307 e. The van der Waals surface area contributed by atoms with Crippen molar-refractivity contribution in [3.63, 3.8) is 0 Å². The third kappa shape index (κ3) is 4.00. The largest absolute Gasteiger partial charge is 0.466 e. The molecular weight excluding hydrogens is 250 g/mol. The Kier molecular flexibility index (Phi) is 5.63. The standard InChI is InChI=1S/C14H20ClNO2/c1-5-18-14(17)9-13(16(3)4)12-7-6-11(15)8-10(12)2/h6-8,13H,5,9H2,1-4H3. The maximum atomic E-state index is 11.6. The molecule has 4 heteroatoms. The van der Waals surface area contributed by atoms with Crippen molar-refractivity contribution in [2.24, 2.45) is 0 Å². The molecule has 0 radical (unpaired) electrons. The zero-order chi connectivity index (χ0) is 13.7. The average molecular weight is 270 g/mol. The smallest absolute Gasteiger partial charge is 0.307 e. The zero-order valence-corrected chi connectivity index (χ0v) is 12.1. The van der Waals surface area contributed by atoms with Crippen molar-refractivity contribution < 1.29 is 9.53 Å². The van der Waals surface area contributed by atoms with Gasteiger partial charge in [-0.15, -0.1) is 0 Å². The molecule has 0 amide bonds. The van der Waals surface area contributed by atoms with Crippen LogP contribution in [0.15, 0.2) is 18.2 Å². The van der Waals surface area contributed by atoms with Gasteiger partial charge < -0.3 is 9.64 Å². The molecule has 0 N–H and O–H groups in total. The number of benzene rings is 1. The second-order valence-corrected chi connectivity index (χ2v) is 4.93. The van der Waals surface area contributed by atoms with Crippen LogP contribution in [-0.4, -0.2) is 31.6 Å². The fourth-order valence-corrected chi connectivity index (χ4v) is 2.19. The van der Waals surface area contributed by atoms with E-state index in [4.69, 9.17) is 16.3 Å². The molecular formula is C14H20ClNO2. The van der Waals surface area contributed by atoms with E-state index in [0.717, 1.165) is 11.1 Å². The summed E-state index contributed by atoms with van der Waals surface area (Å²) in [6, 6.07) is 5.76. The minimum atomic E-state index is -0.175. The normalized spacial score (nSPS) is 12.6. The Morgan fingerprint density at radius 1 is 1.44 bits per heavy atom. The van der Waals surface area contributed by atoms with Gasteiger partial charge in [-0.25, -0.2) is 0 Å². The maximum absolute atomic E-state index is 11.6. The first-order chi connectivity index (χ1) is 8.45. The molecule has 0 aliphatic heterocycles. The molecule has 0 aliphatic rings. The van der Waals surface area contributed by atoms with E-state index in [-0.39, 0.29) is 12.0 Å². The summed E-state index contributed by atoms with van der Waals surface area (Å²) in [7, 11) is 3.91. The number of ether oxygens (including phenoxy) is 1. The van der Waals surface area contributed by atoms with Gasteiger partial charge in [-0.1, -0.05) is 17.7 Å². The summed E-state index contributed by atoms with van der Waals surface area (Å²) >= 11 is 5.95. The van der Waals surface area contributed by atoms with Gasteiger partial charge in [0.15, 0.2) is 0 Å². The molecule has 1 aromatic rings. The van der Waals surface area contributed by atoms with Crippen LogP contribution in [-0.2, 0) is 9.53 Å². The van der Waals surface area contributed by atoms with Crippen LogP contribution in [0.5, 0.6) is 0 Å². The minimum absolute atomic E-state index is 0.0151. The van der Waals surface area contributed by atoms with Gasteiger partial charge in [0.05, 0.1) is 13.0 Å². The molecule has 0 heterocycles. The Hall–Kier alpha value is -1.06. The summed E-state index contributed by atoms with van der Waals surface area (Å²) in [6.45, 7) is 4.23. The summed E-state index contributed by atoms with van der Waals surface area (Å²) in [5.74, 6) is -0.175. The van der Waals surface area contributed by atoms with Crippen molar-refractivity contribution in [1.29, 1.82) is 0 Å². The SMILES string of the molecule is CCOC(=O)CC(c1ccc(Cl)cc1C)N(C)C. The molecule has 0 saturated carbocycles.